The van der Waals surface area contributed by atoms with Gasteiger partial charge in [-0.15, -0.1) is 22.7 Å². The zero-order valence-electron chi connectivity index (χ0n) is 23.6. The van der Waals surface area contributed by atoms with Gasteiger partial charge in [0.15, 0.2) is 0 Å². The van der Waals surface area contributed by atoms with E-state index in [1.807, 2.05) is 50.2 Å². The molecule has 0 radical (unpaired) electrons. The smallest absolute Gasteiger partial charge is 0.377 e. The average Bonchev–Trinajstić information content (AvgIpc) is 3.62. The van der Waals surface area contributed by atoms with E-state index in [0.717, 1.165) is 30.4 Å². The maximum atomic E-state index is 6.12. The van der Waals surface area contributed by atoms with Gasteiger partial charge in [0.1, 0.15) is 10.0 Å². The van der Waals surface area contributed by atoms with E-state index in [2.05, 4.69) is 12.1 Å². The first-order chi connectivity index (χ1) is 19.4. The van der Waals surface area contributed by atoms with E-state index in [-0.39, 0.29) is 10.5 Å². The monoisotopic (exact) mass is 656 g/mol. The van der Waals surface area contributed by atoms with E-state index in [4.69, 9.17) is 36.5 Å². The maximum absolute atomic E-state index is 6.12. The van der Waals surface area contributed by atoms with Crippen molar-refractivity contribution >= 4 is 82.3 Å². The minimum absolute atomic E-state index is 0.0364. The number of thiazole rings is 2. The van der Waals surface area contributed by atoms with E-state index in [9.17, 15) is 0 Å². The van der Waals surface area contributed by atoms with Crippen molar-refractivity contribution in [2.45, 2.75) is 36.4 Å². The Morgan fingerprint density at radius 1 is 0.650 bits per heavy atom. The molecular formula is C26H36N2O6S4Si2. The van der Waals surface area contributed by atoms with Crippen molar-refractivity contribution in [3.05, 3.63) is 58.5 Å². The first-order valence-corrected chi connectivity index (χ1v) is 20.7. The highest BCUT2D eigenvalue weighted by atomic mass is 33.1. The van der Waals surface area contributed by atoms with Gasteiger partial charge >= 0.3 is 17.6 Å². The summed E-state index contributed by atoms with van der Waals surface area (Å²) >= 11 is 3.40. The molecule has 0 fully saturated rings. The molecule has 0 bridgehead atoms. The first kappa shape index (κ1) is 32.0. The van der Waals surface area contributed by atoms with Crippen LogP contribution in [0.15, 0.2) is 48.5 Å². The van der Waals surface area contributed by atoms with Gasteiger partial charge < -0.3 is 26.6 Å². The highest BCUT2D eigenvalue weighted by Crippen LogP contribution is 2.53. The van der Waals surface area contributed by atoms with Crippen molar-refractivity contribution in [1.82, 2.24) is 9.97 Å². The number of hydrogen-bond donors (Lipinski definition) is 0. The molecule has 2 unspecified atom stereocenters. The fraction of sp³-hybridized carbons (Fsp3) is 0.462. The SMILES string of the molecule is CCO[Si](CC(SSC(C[Si](OC)(OC)OCC)c1nc2ccccc2s1)c1nc2ccccc2s1)(OC)OC. The van der Waals surface area contributed by atoms with Crippen molar-refractivity contribution in [2.24, 2.45) is 0 Å². The minimum Gasteiger partial charge on any atom is -0.377 e. The molecule has 2 aromatic carbocycles. The topological polar surface area (TPSA) is 81.2 Å². The second-order valence-corrected chi connectivity index (χ2v) is 19.2. The third-order valence-corrected chi connectivity index (χ3v) is 18.3. The number of rotatable bonds is 17. The highest BCUT2D eigenvalue weighted by molar-refractivity contribution is 8.76. The van der Waals surface area contributed by atoms with E-state index in [1.54, 1.807) is 72.7 Å². The molecule has 8 nitrogen and oxygen atoms in total. The van der Waals surface area contributed by atoms with Crippen LogP contribution in [0, 0.1) is 0 Å². The Labute approximate surface area is 254 Å². The summed E-state index contributed by atoms with van der Waals surface area (Å²) in [4.78, 5) is 10.0. The fourth-order valence-corrected chi connectivity index (χ4v) is 16.2. The van der Waals surface area contributed by atoms with Crippen LogP contribution >= 0.6 is 44.3 Å². The van der Waals surface area contributed by atoms with E-state index >= 15 is 0 Å². The van der Waals surface area contributed by atoms with Crippen LogP contribution in [0.5, 0.6) is 0 Å². The molecule has 2 aromatic heterocycles. The molecule has 0 amide bonds. The number of hydrogen-bond acceptors (Lipinski definition) is 12. The fourth-order valence-electron chi connectivity index (χ4n) is 4.26. The summed E-state index contributed by atoms with van der Waals surface area (Å²) in [5.74, 6) is 0. The summed E-state index contributed by atoms with van der Waals surface area (Å²) in [6.45, 7) is 4.95. The number of nitrogens with zero attached hydrogens (tertiary/aromatic N) is 2. The van der Waals surface area contributed by atoms with Gasteiger partial charge in [-0.1, -0.05) is 45.9 Å². The quantitative estimate of drug-likeness (QED) is 0.0837. The third kappa shape index (κ3) is 7.54. The van der Waals surface area contributed by atoms with Crippen LogP contribution < -0.4 is 0 Å². The lowest BCUT2D eigenvalue weighted by Gasteiger charge is -2.30. The second-order valence-electron chi connectivity index (χ2n) is 8.67. The van der Waals surface area contributed by atoms with Crippen molar-refractivity contribution in [2.75, 3.05) is 41.7 Å². The van der Waals surface area contributed by atoms with Gasteiger partial charge in [-0.2, -0.15) is 0 Å². The minimum atomic E-state index is -2.94. The van der Waals surface area contributed by atoms with Crippen molar-refractivity contribution in [1.29, 1.82) is 0 Å². The predicted molar refractivity (Wildman–Crippen MR) is 172 cm³/mol. The summed E-state index contributed by atoms with van der Waals surface area (Å²) in [5.41, 5.74) is 1.97. The molecule has 0 spiro atoms. The highest BCUT2D eigenvalue weighted by Gasteiger charge is 2.45. The molecule has 0 aliphatic rings. The maximum Gasteiger partial charge on any atom is 0.502 e. The first-order valence-electron chi connectivity index (χ1n) is 13.0. The largest absolute Gasteiger partial charge is 0.502 e. The molecule has 218 valence electrons. The number of benzene rings is 2. The number of para-hydroxylation sites is 2. The lowest BCUT2D eigenvalue weighted by atomic mass is 10.3. The molecule has 14 heteroatoms. The van der Waals surface area contributed by atoms with Gasteiger partial charge in [-0.05, 0) is 38.1 Å². The van der Waals surface area contributed by atoms with Crippen LogP contribution in [0.4, 0.5) is 0 Å². The summed E-state index contributed by atoms with van der Waals surface area (Å²) < 4.78 is 38.2. The molecule has 4 aromatic rings. The van der Waals surface area contributed by atoms with Crippen LogP contribution in [0.1, 0.15) is 34.4 Å². The molecule has 0 aliphatic heterocycles. The van der Waals surface area contributed by atoms with E-state index in [1.165, 1.54) is 0 Å². The summed E-state index contributed by atoms with van der Waals surface area (Å²) in [6.07, 6.45) is 0. The molecule has 0 aliphatic carbocycles. The zero-order chi connectivity index (χ0) is 28.6. The third-order valence-electron chi connectivity index (χ3n) is 6.30. The van der Waals surface area contributed by atoms with Crippen LogP contribution in [0.3, 0.4) is 0 Å². The molecule has 2 heterocycles. The standard InChI is InChI=1S/C26H36N2O6S4Si2/c1-7-33-39(29-3,30-4)17-23(25-27-19-13-9-11-15-21(19)35-25)37-38-24(18-40(31-5,32-6)34-8-2)26-28-20-14-10-12-16-22(20)36-26/h9-16,23-24H,7-8,17-18H2,1-6H3. The van der Waals surface area contributed by atoms with Crippen molar-refractivity contribution < 1.29 is 26.6 Å². The molecule has 0 saturated carbocycles. The Kier molecular flexibility index (Phi) is 12.0. The predicted octanol–water partition coefficient (Wildman–Crippen LogP) is 7.61. The van der Waals surface area contributed by atoms with Gasteiger partial charge in [0.25, 0.3) is 0 Å². The molecule has 2 atom stereocenters. The molecule has 0 saturated heterocycles. The van der Waals surface area contributed by atoms with E-state index in [0.29, 0.717) is 25.3 Å². The molecule has 4 rings (SSSR count). The normalized spacial score (nSPS) is 14.2. The summed E-state index contributed by atoms with van der Waals surface area (Å²) in [6, 6.07) is 17.6. The van der Waals surface area contributed by atoms with Gasteiger partial charge in [0.2, 0.25) is 0 Å². The Hall–Kier alpha value is -0.886. The molecule has 0 N–H and O–H groups in total. The summed E-state index contributed by atoms with van der Waals surface area (Å²) in [5, 5.41) is 1.95. The van der Waals surface area contributed by atoms with Crippen molar-refractivity contribution in [3.8, 4) is 0 Å². The van der Waals surface area contributed by atoms with Crippen LogP contribution in [0.25, 0.3) is 20.4 Å². The number of fused-ring (bicyclic) bond motifs is 2. The summed E-state index contributed by atoms with van der Waals surface area (Å²) in [7, 11) is 4.30. The lowest BCUT2D eigenvalue weighted by molar-refractivity contribution is 0.103. The van der Waals surface area contributed by atoms with Crippen molar-refractivity contribution in [3.63, 3.8) is 0 Å². The van der Waals surface area contributed by atoms with Crippen LogP contribution in [-0.4, -0.2) is 69.2 Å². The van der Waals surface area contributed by atoms with Gasteiger partial charge in [-0.3, -0.25) is 0 Å². The van der Waals surface area contributed by atoms with Gasteiger partial charge in [0, 0.05) is 53.7 Å². The Balaban J connectivity index is 1.69. The second kappa shape index (κ2) is 15.0. The Morgan fingerprint density at radius 2 is 1.02 bits per heavy atom. The zero-order valence-corrected chi connectivity index (χ0v) is 28.8. The van der Waals surface area contributed by atoms with E-state index < -0.39 is 17.6 Å². The Bertz CT molecular complexity index is 1180. The molecule has 40 heavy (non-hydrogen) atoms. The lowest BCUT2D eigenvalue weighted by Crippen LogP contribution is -2.45. The van der Waals surface area contributed by atoms with Crippen LogP contribution in [-0.2, 0) is 26.6 Å². The van der Waals surface area contributed by atoms with Gasteiger partial charge in [-0.25, -0.2) is 9.97 Å². The average molecular weight is 657 g/mol. The Morgan fingerprint density at radius 3 is 1.35 bits per heavy atom. The molecular weight excluding hydrogens is 621 g/mol. The van der Waals surface area contributed by atoms with Crippen LogP contribution in [0.2, 0.25) is 12.1 Å². The van der Waals surface area contributed by atoms with Gasteiger partial charge in [0.05, 0.1) is 30.9 Å². The number of aromatic nitrogens is 2.